The lowest BCUT2D eigenvalue weighted by molar-refractivity contribution is -0.275. The molecule has 0 heterocycles. The van der Waals surface area contributed by atoms with Crippen LogP contribution in [0.15, 0.2) is 46.9 Å². The second-order valence-corrected chi connectivity index (χ2v) is 14.1. The van der Waals surface area contributed by atoms with Crippen molar-refractivity contribution in [1.82, 2.24) is 0 Å². The summed E-state index contributed by atoms with van der Waals surface area (Å²) >= 11 is 6.68. The Hall–Kier alpha value is -0.980. The quantitative estimate of drug-likeness (QED) is 0.0664. The van der Waals surface area contributed by atoms with Gasteiger partial charge in [0.15, 0.2) is 0 Å². The Morgan fingerprint density at radius 3 is 1.98 bits per heavy atom. The maximum Gasteiger partial charge on any atom is 0.457 e. The number of hydrogen-bond donors (Lipinski definition) is 0. The summed E-state index contributed by atoms with van der Waals surface area (Å²) in [6.45, 7) is 2.79. The molecule has 0 amide bonds. The zero-order valence-corrected chi connectivity index (χ0v) is 26.8. The van der Waals surface area contributed by atoms with E-state index in [1.165, 1.54) is 32.6 Å². The van der Waals surface area contributed by atoms with Crippen LogP contribution in [-0.2, 0) is 56.1 Å². The molecule has 0 aromatic heterocycles. The molecule has 7 nitrogen and oxygen atoms in total. The first-order valence-electron chi connectivity index (χ1n) is 12.8. The van der Waals surface area contributed by atoms with Gasteiger partial charge in [0.1, 0.15) is 0 Å². The summed E-state index contributed by atoms with van der Waals surface area (Å²) in [5.74, 6) is 3.06. The van der Waals surface area contributed by atoms with E-state index in [-0.39, 0.29) is 29.1 Å². The van der Waals surface area contributed by atoms with Crippen LogP contribution >= 0.6 is 47.0 Å². The van der Waals surface area contributed by atoms with E-state index >= 15 is 8.78 Å². The molecular formula is C27H34BrF2O7PS2. The molecule has 1 aliphatic carbocycles. The monoisotopic (exact) mass is 682 g/mol. The Bertz CT molecular complexity index is 1150. The van der Waals surface area contributed by atoms with Crippen molar-refractivity contribution in [2.45, 2.75) is 56.0 Å². The average Bonchev–Trinajstić information content (AvgIpc) is 3.70. The summed E-state index contributed by atoms with van der Waals surface area (Å²) in [6.07, 6.45) is 2.66. The van der Waals surface area contributed by atoms with Crippen LogP contribution in [0.3, 0.4) is 0 Å². The van der Waals surface area contributed by atoms with Crippen molar-refractivity contribution in [3.8, 4) is 0 Å². The minimum absolute atomic E-state index is 0.0671. The number of halogens is 3. The topological polar surface area (TPSA) is 80.3 Å². The molecule has 0 aliphatic heterocycles. The van der Waals surface area contributed by atoms with Crippen LogP contribution < -0.4 is 0 Å². The number of hydrogen-bond acceptors (Lipinski definition) is 9. The standard InChI is InChI=1S/C27H34BrF2O7PS2/c1-4-34-36-38(32,37-35-5-2)27(29,30)23-11-10-22(14-24(23)28)18-39-16-20-6-8-21(9-7-20)17-40-19-26(12-13-26)15-25(31)33-3/h6-11,14H,4-5,12-13,15-19H2,1-3H3. The number of alkyl halides is 2. The number of rotatable bonds is 18. The first-order valence-corrected chi connectivity index (χ1v) is 17.4. The molecule has 40 heavy (non-hydrogen) atoms. The lowest BCUT2D eigenvalue weighted by atomic mass is 10.1. The molecule has 1 fully saturated rings. The highest BCUT2D eigenvalue weighted by atomic mass is 79.9. The summed E-state index contributed by atoms with van der Waals surface area (Å²) in [4.78, 5) is 20.7. The Morgan fingerprint density at radius 2 is 1.48 bits per heavy atom. The Balaban J connectivity index is 1.50. The van der Waals surface area contributed by atoms with Gasteiger partial charge in [0.25, 0.3) is 0 Å². The number of carbonyl (C=O) groups is 1. The number of thioether (sulfide) groups is 2. The molecule has 3 rings (SSSR count). The summed E-state index contributed by atoms with van der Waals surface area (Å²) in [5.41, 5.74) is -1.26. The van der Waals surface area contributed by atoms with Gasteiger partial charge < -0.3 is 4.74 Å². The first-order chi connectivity index (χ1) is 19.1. The third kappa shape index (κ3) is 9.26. The van der Waals surface area contributed by atoms with Gasteiger partial charge in [0.2, 0.25) is 0 Å². The van der Waals surface area contributed by atoms with E-state index in [4.69, 9.17) is 4.74 Å². The Labute approximate surface area is 250 Å². The predicted molar refractivity (Wildman–Crippen MR) is 157 cm³/mol. The van der Waals surface area contributed by atoms with Crippen molar-refractivity contribution in [3.05, 3.63) is 69.2 Å². The van der Waals surface area contributed by atoms with Crippen LogP contribution in [0.2, 0.25) is 0 Å². The van der Waals surface area contributed by atoms with E-state index in [9.17, 15) is 9.36 Å². The van der Waals surface area contributed by atoms with E-state index in [1.807, 2.05) is 11.8 Å². The zero-order chi connectivity index (χ0) is 29.2. The number of ether oxygens (including phenoxy) is 1. The summed E-state index contributed by atoms with van der Waals surface area (Å²) in [5, 5.41) is 0. The summed E-state index contributed by atoms with van der Waals surface area (Å²) in [7, 11) is -3.70. The van der Waals surface area contributed by atoms with Gasteiger partial charge in [-0.3, -0.25) is 4.79 Å². The molecule has 0 spiro atoms. The molecule has 1 saturated carbocycles. The van der Waals surface area contributed by atoms with Crippen molar-refractivity contribution in [3.63, 3.8) is 0 Å². The van der Waals surface area contributed by atoms with E-state index in [0.29, 0.717) is 12.2 Å². The Morgan fingerprint density at radius 1 is 0.950 bits per heavy atom. The average molecular weight is 684 g/mol. The van der Waals surface area contributed by atoms with Gasteiger partial charge in [-0.25, -0.2) is 14.3 Å². The second-order valence-electron chi connectivity index (χ2n) is 9.37. The van der Waals surface area contributed by atoms with Crippen LogP contribution in [0.25, 0.3) is 0 Å². The molecule has 0 unspecified atom stereocenters. The van der Waals surface area contributed by atoms with Crippen LogP contribution in [0.1, 0.15) is 55.4 Å². The minimum atomic E-state index is -5.14. The highest BCUT2D eigenvalue weighted by Crippen LogP contribution is 2.68. The fourth-order valence-corrected chi connectivity index (χ4v) is 8.04. The zero-order valence-electron chi connectivity index (χ0n) is 22.7. The van der Waals surface area contributed by atoms with E-state index in [1.54, 1.807) is 23.9 Å². The molecule has 2 aromatic rings. The maximum atomic E-state index is 15.2. The highest BCUT2D eigenvalue weighted by molar-refractivity contribution is 9.10. The molecule has 0 radical (unpaired) electrons. The third-order valence-corrected chi connectivity index (χ3v) is 10.8. The summed E-state index contributed by atoms with van der Waals surface area (Å²) < 4.78 is 57.1. The molecule has 0 N–H and O–H groups in total. The third-order valence-electron chi connectivity index (χ3n) is 6.18. The number of carbonyl (C=O) groups excluding carboxylic acids is 1. The van der Waals surface area contributed by atoms with Gasteiger partial charge >= 0.3 is 19.2 Å². The summed E-state index contributed by atoms with van der Waals surface area (Å²) in [6, 6.07) is 12.7. The van der Waals surface area contributed by atoms with Crippen molar-refractivity contribution in [2.75, 3.05) is 26.1 Å². The first kappa shape index (κ1) is 33.5. The lowest BCUT2D eigenvalue weighted by Gasteiger charge is -2.25. The lowest BCUT2D eigenvalue weighted by Crippen LogP contribution is -2.19. The predicted octanol–water partition coefficient (Wildman–Crippen LogP) is 8.64. The van der Waals surface area contributed by atoms with Gasteiger partial charge in [-0.15, -0.1) is 9.35 Å². The number of methoxy groups -OCH3 is 1. The van der Waals surface area contributed by atoms with Crippen LogP contribution in [0.4, 0.5) is 8.78 Å². The van der Waals surface area contributed by atoms with Crippen LogP contribution in [0, 0.1) is 5.41 Å². The van der Waals surface area contributed by atoms with Gasteiger partial charge in [-0.2, -0.15) is 32.3 Å². The smallest absolute Gasteiger partial charge is 0.457 e. The van der Waals surface area contributed by atoms with Crippen LogP contribution in [-0.4, -0.2) is 32.0 Å². The molecule has 222 valence electrons. The van der Waals surface area contributed by atoms with Gasteiger partial charge in [0, 0.05) is 27.3 Å². The molecule has 0 bridgehead atoms. The number of esters is 1. The largest absolute Gasteiger partial charge is 0.469 e. The van der Waals surface area contributed by atoms with Crippen molar-refractivity contribution in [1.29, 1.82) is 0 Å². The van der Waals surface area contributed by atoms with Crippen molar-refractivity contribution < 1.29 is 42.0 Å². The van der Waals surface area contributed by atoms with Crippen LogP contribution in [0.5, 0.6) is 0 Å². The van der Waals surface area contributed by atoms with Crippen molar-refractivity contribution in [2.24, 2.45) is 5.41 Å². The van der Waals surface area contributed by atoms with Gasteiger partial charge in [0.05, 0.1) is 26.7 Å². The number of benzene rings is 2. The highest BCUT2D eigenvalue weighted by Gasteiger charge is 2.58. The fourth-order valence-electron chi connectivity index (χ4n) is 3.72. The minimum Gasteiger partial charge on any atom is -0.469 e. The molecular weight excluding hydrogens is 649 g/mol. The van der Waals surface area contributed by atoms with E-state index < -0.39 is 18.8 Å². The SMILES string of the molecule is CCOOP(=O)(OOCC)C(F)(F)c1ccc(CSCc2ccc(CSCC3(CC(=O)OC)CC3)cc2)cc1Br. The van der Waals surface area contributed by atoms with Crippen molar-refractivity contribution >= 4 is 53.0 Å². The molecule has 0 saturated heterocycles. The maximum absolute atomic E-state index is 15.2. The van der Waals surface area contributed by atoms with E-state index in [0.717, 1.165) is 41.2 Å². The van der Waals surface area contributed by atoms with Gasteiger partial charge in [-0.1, -0.05) is 52.3 Å². The fraction of sp³-hybridized carbons (Fsp3) is 0.519. The molecule has 0 atom stereocenters. The second kappa shape index (κ2) is 15.5. The van der Waals surface area contributed by atoms with E-state index in [2.05, 4.69) is 59.3 Å². The van der Waals surface area contributed by atoms with Gasteiger partial charge in [-0.05, 0) is 60.6 Å². The molecule has 2 aromatic carbocycles. The molecule has 1 aliphatic rings. The normalized spacial score (nSPS) is 14.8. The Kier molecular flexibility index (Phi) is 13.0. The molecule has 13 heteroatoms.